The van der Waals surface area contributed by atoms with Crippen LogP contribution in [0.4, 0.5) is 4.39 Å². The van der Waals surface area contributed by atoms with E-state index in [9.17, 15) is 17.9 Å². The van der Waals surface area contributed by atoms with Crippen LogP contribution in [0.5, 0.6) is 5.75 Å². The van der Waals surface area contributed by atoms with Crippen molar-refractivity contribution in [3.05, 3.63) is 59.4 Å². The number of nitrogens with one attached hydrogen (secondary N) is 1. The normalized spacial score (nSPS) is 21.6. The summed E-state index contributed by atoms with van der Waals surface area (Å²) in [5, 5.41) is 12.7. The van der Waals surface area contributed by atoms with Gasteiger partial charge < -0.3 is 15.2 Å². The van der Waals surface area contributed by atoms with Crippen LogP contribution in [0.15, 0.2) is 47.4 Å². The smallest absolute Gasteiger partial charge is 0.247 e. The van der Waals surface area contributed by atoms with Crippen LogP contribution in [-0.4, -0.2) is 56.7 Å². The molecule has 166 valence electrons. The fourth-order valence-corrected chi connectivity index (χ4v) is 5.25. The molecular weight excluding hydrogens is 419 g/mol. The van der Waals surface area contributed by atoms with Crippen molar-refractivity contribution in [1.29, 1.82) is 0 Å². The van der Waals surface area contributed by atoms with Gasteiger partial charge in [0.2, 0.25) is 10.0 Å². The molecule has 1 aliphatic rings. The quantitative estimate of drug-likeness (QED) is 0.704. The highest BCUT2D eigenvalue weighted by Gasteiger charge is 2.37. The topological polar surface area (TPSA) is 78.9 Å². The highest BCUT2D eigenvalue weighted by atomic mass is 32.2. The summed E-state index contributed by atoms with van der Waals surface area (Å²) in [5.41, 5.74) is 1.22. The number of hydrogen-bond donors (Lipinski definition) is 2. The van der Waals surface area contributed by atoms with Gasteiger partial charge in [-0.15, -0.1) is 0 Å². The number of fused-ring (bicyclic) bond motifs is 1. The summed E-state index contributed by atoms with van der Waals surface area (Å²) in [4.78, 5) is 0.0492. The summed E-state index contributed by atoms with van der Waals surface area (Å²) in [6, 6.07) is 9.99. The second-order valence-corrected chi connectivity index (χ2v) is 9.57. The molecule has 0 saturated carbocycles. The zero-order chi connectivity index (χ0) is 22.6. The maximum absolute atomic E-state index is 13.4. The van der Waals surface area contributed by atoms with Crippen LogP contribution in [-0.2, 0) is 10.0 Å². The highest BCUT2D eigenvalue weighted by molar-refractivity contribution is 7.89. The van der Waals surface area contributed by atoms with Gasteiger partial charge in [-0.25, -0.2) is 12.8 Å². The Hall–Kier alpha value is -2.44. The Kier molecular flexibility index (Phi) is 7.34. The van der Waals surface area contributed by atoms with Crippen molar-refractivity contribution in [2.45, 2.75) is 30.9 Å². The van der Waals surface area contributed by atoms with Crippen LogP contribution in [0.3, 0.4) is 0 Å². The van der Waals surface area contributed by atoms with E-state index in [1.807, 2.05) is 14.0 Å². The number of aliphatic hydroxyl groups excluding tert-OH is 1. The molecule has 2 aromatic carbocycles. The second-order valence-electron chi connectivity index (χ2n) is 7.72. The number of sulfonamides is 1. The first-order chi connectivity index (χ1) is 14.8. The lowest BCUT2D eigenvalue weighted by Gasteiger charge is -2.36. The molecule has 0 saturated heterocycles. The second kappa shape index (κ2) is 9.79. The van der Waals surface area contributed by atoms with Crippen LogP contribution in [0.2, 0.25) is 0 Å². The maximum atomic E-state index is 13.4. The number of rotatable bonds is 4. The van der Waals surface area contributed by atoms with Crippen molar-refractivity contribution >= 4 is 10.0 Å². The van der Waals surface area contributed by atoms with Gasteiger partial charge in [-0.05, 0) is 56.4 Å². The van der Waals surface area contributed by atoms with Crippen molar-refractivity contribution < 1.29 is 22.7 Å². The number of ether oxygens (including phenoxy) is 1. The van der Waals surface area contributed by atoms with E-state index in [-0.39, 0.29) is 41.6 Å². The van der Waals surface area contributed by atoms with E-state index < -0.39 is 16.1 Å². The minimum atomic E-state index is -3.88. The van der Waals surface area contributed by atoms with Crippen LogP contribution in [0, 0.1) is 23.6 Å². The van der Waals surface area contributed by atoms with E-state index in [0.717, 1.165) is 0 Å². The highest BCUT2D eigenvalue weighted by Crippen LogP contribution is 2.33. The molecule has 0 fully saturated rings. The Morgan fingerprint density at radius 3 is 2.52 bits per heavy atom. The van der Waals surface area contributed by atoms with Crippen molar-refractivity contribution in [1.82, 2.24) is 9.62 Å². The van der Waals surface area contributed by atoms with Crippen molar-refractivity contribution in [3.63, 3.8) is 0 Å². The van der Waals surface area contributed by atoms with Gasteiger partial charge in [-0.1, -0.05) is 18.8 Å². The van der Waals surface area contributed by atoms with Crippen LogP contribution >= 0.6 is 0 Å². The van der Waals surface area contributed by atoms with Gasteiger partial charge >= 0.3 is 0 Å². The third kappa shape index (κ3) is 5.25. The minimum absolute atomic E-state index is 0.0492. The predicted molar refractivity (Wildman–Crippen MR) is 117 cm³/mol. The average Bonchev–Trinajstić information content (AvgIpc) is 2.75. The summed E-state index contributed by atoms with van der Waals surface area (Å²) in [7, 11) is -2.07. The average molecular weight is 447 g/mol. The van der Waals surface area contributed by atoms with Crippen molar-refractivity contribution in [2.75, 3.05) is 26.7 Å². The molecule has 0 amide bonds. The van der Waals surface area contributed by atoms with Crippen molar-refractivity contribution in [3.8, 4) is 17.6 Å². The van der Waals surface area contributed by atoms with Gasteiger partial charge in [0, 0.05) is 36.2 Å². The van der Waals surface area contributed by atoms with E-state index in [2.05, 4.69) is 17.2 Å². The molecule has 0 radical (unpaired) electrons. The molecule has 0 unspecified atom stereocenters. The van der Waals surface area contributed by atoms with Gasteiger partial charge in [0.05, 0.1) is 6.61 Å². The first-order valence-corrected chi connectivity index (χ1v) is 11.6. The summed E-state index contributed by atoms with van der Waals surface area (Å²) in [6.45, 7) is 4.11. The standard InChI is InChI=1S/C23H27FN2O4S/c1-16-14-26(17(2)15-27)31(28,29)23-11-8-19(12-21(23)30-22(16)13-25-3)5-4-18-6-9-20(24)10-7-18/h6-12,16-17,22,25,27H,13-15H2,1-3H3/t16-,17+,22-/m1/s1. The molecule has 3 atom stereocenters. The summed E-state index contributed by atoms with van der Waals surface area (Å²) in [5.74, 6) is 5.71. The third-order valence-corrected chi connectivity index (χ3v) is 7.29. The molecule has 0 spiro atoms. The molecule has 2 aromatic rings. The largest absolute Gasteiger partial charge is 0.487 e. The summed E-state index contributed by atoms with van der Waals surface area (Å²) in [6.07, 6.45) is -0.270. The Bertz CT molecular complexity index is 1080. The first kappa shape index (κ1) is 23.2. The molecule has 0 aromatic heterocycles. The molecule has 0 aliphatic carbocycles. The zero-order valence-corrected chi connectivity index (χ0v) is 18.6. The number of benzene rings is 2. The SMILES string of the molecule is CNC[C@H]1Oc2cc(C#Cc3ccc(F)cc3)ccc2S(=O)(=O)N([C@@H](C)CO)C[C@H]1C. The van der Waals surface area contributed by atoms with Gasteiger partial charge in [-0.2, -0.15) is 4.31 Å². The van der Waals surface area contributed by atoms with E-state index in [4.69, 9.17) is 4.74 Å². The lowest BCUT2D eigenvalue weighted by molar-refractivity contribution is 0.103. The molecular formula is C23H27FN2O4S. The van der Waals surface area contributed by atoms with E-state index in [0.29, 0.717) is 17.7 Å². The Morgan fingerprint density at radius 2 is 1.87 bits per heavy atom. The first-order valence-electron chi connectivity index (χ1n) is 10.1. The molecule has 3 rings (SSSR count). The van der Waals surface area contributed by atoms with Crippen LogP contribution in [0.1, 0.15) is 25.0 Å². The third-order valence-electron chi connectivity index (χ3n) is 5.27. The lowest BCUT2D eigenvalue weighted by atomic mass is 10.0. The molecule has 1 aliphatic heterocycles. The van der Waals surface area contributed by atoms with Crippen LogP contribution in [0.25, 0.3) is 0 Å². The minimum Gasteiger partial charge on any atom is -0.487 e. The lowest BCUT2D eigenvalue weighted by Crippen LogP contribution is -2.49. The molecule has 2 N–H and O–H groups in total. The summed E-state index contributed by atoms with van der Waals surface area (Å²) < 4.78 is 47.3. The van der Waals surface area contributed by atoms with Crippen LogP contribution < -0.4 is 10.1 Å². The summed E-state index contributed by atoms with van der Waals surface area (Å²) >= 11 is 0. The van der Waals surface area contributed by atoms with Gasteiger partial charge in [0.1, 0.15) is 22.6 Å². The van der Waals surface area contributed by atoms with Gasteiger partial charge in [-0.3, -0.25) is 0 Å². The molecule has 1 heterocycles. The molecule has 0 bridgehead atoms. The van der Waals surface area contributed by atoms with Gasteiger partial charge in [0.25, 0.3) is 0 Å². The van der Waals surface area contributed by atoms with Crippen molar-refractivity contribution in [2.24, 2.45) is 5.92 Å². The Labute approximate surface area is 183 Å². The number of hydrogen-bond acceptors (Lipinski definition) is 5. The number of aliphatic hydroxyl groups is 1. The molecule has 6 nitrogen and oxygen atoms in total. The fraction of sp³-hybridized carbons (Fsp3) is 0.391. The van der Waals surface area contributed by atoms with E-state index in [1.54, 1.807) is 31.2 Å². The van der Waals surface area contributed by atoms with Gasteiger partial charge in [0.15, 0.2) is 0 Å². The Morgan fingerprint density at radius 1 is 1.23 bits per heavy atom. The number of halogens is 1. The van der Waals surface area contributed by atoms with E-state index >= 15 is 0 Å². The Balaban J connectivity index is 2.06. The predicted octanol–water partition coefficient (Wildman–Crippen LogP) is 2.21. The van der Waals surface area contributed by atoms with E-state index in [1.165, 1.54) is 22.5 Å². The zero-order valence-electron chi connectivity index (χ0n) is 17.8. The molecule has 8 heteroatoms. The fourth-order valence-electron chi connectivity index (χ4n) is 3.43. The maximum Gasteiger partial charge on any atom is 0.247 e. The molecule has 31 heavy (non-hydrogen) atoms. The number of nitrogens with zero attached hydrogens (tertiary/aromatic N) is 1. The number of likely N-dealkylation sites (N-methyl/N-ethyl adjacent to an activating group) is 1. The monoisotopic (exact) mass is 446 g/mol.